The van der Waals surface area contributed by atoms with Crippen molar-refractivity contribution in [3.8, 4) is 5.82 Å². The third kappa shape index (κ3) is 2.99. The molecule has 0 aliphatic carbocycles. The van der Waals surface area contributed by atoms with Crippen molar-refractivity contribution in [2.45, 2.75) is 40.0 Å². The number of amides is 1. The second-order valence-corrected chi connectivity index (χ2v) is 7.26. The van der Waals surface area contributed by atoms with Crippen molar-refractivity contribution >= 4 is 5.91 Å². The second-order valence-electron chi connectivity index (χ2n) is 7.26. The SMILES string of the molecule is CCC1(CO)CCN(C(=O)c2cnn(C)c2-n2c(C)ccc2C)CC1. The molecule has 1 N–H and O–H groups in total. The fourth-order valence-electron chi connectivity index (χ4n) is 3.83. The molecule has 0 radical (unpaired) electrons. The van der Waals surface area contributed by atoms with Gasteiger partial charge in [0, 0.05) is 38.1 Å². The summed E-state index contributed by atoms with van der Waals surface area (Å²) in [6.45, 7) is 7.75. The van der Waals surface area contributed by atoms with E-state index in [4.69, 9.17) is 0 Å². The van der Waals surface area contributed by atoms with Crippen LogP contribution in [0.1, 0.15) is 47.9 Å². The van der Waals surface area contributed by atoms with Crippen molar-refractivity contribution in [2.75, 3.05) is 19.7 Å². The van der Waals surface area contributed by atoms with Gasteiger partial charge in [0.1, 0.15) is 11.4 Å². The number of aromatic nitrogens is 3. The van der Waals surface area contributed by atoms with Crippen LogP contribution in [-0.4, -0.2) is 50.0 Å². The fraction of sp³-hybridized carbons (Fsp3) is 0.579. The number of carbonyl (C=O) groups is 1. The van der Waals surface area contributed by atoms with Crippen LogP contribution in [-0.2, 0) is 7.05 Å². The lowest BCUT2D eigenvalue weighted by Gasteiger charge is -2.40. The highest BCUT2D eigenvalue weighted by atomic mass is 16.3. The summed E-state index contributed by atoms with van der Waals surface area (Å²) in [4.78, 5) is 15.0. The molecule has 2 aromatic rings. The topological polar surface area (TPSA) is 63.3 Å². The van der Waals surface area contributed by atoms with Gasteiger partial charge in [0.05, 0.1) is 6.20 Å². The largest absolute Gasteiger partial charge is 0.396 e. The van der Waals surface area contributed by atoms with Crippen LogP contribution in [0.5, 0.6) is 0 Å². The van der Waals surface area contributed by atoms with Crippen molar-refractivity contribution < 1.29 is 9.90 Å². The molecule has 1 aliphatic heterocycles. The molecule has 3 heterocycles. The van der Waals surface area contributed by atoms with Crippen LogP contribution in [0.15, 0.2) is 18.3 Å². The maximum Gasteiger partial charge on any atom is 0.259 e. The highest BCUT2D eigenvalue weighted by Crippen LogP contribution is 2.35. The molecule has 25 heavy (non-hydrogen) atoms. The Hall–Kier alpha value is -2.08. The lowest BCUT2D eigenvalue weighted by atomic mass is 9.77. The summed E-state index contributed by atoms with van der Waals surface area (Å²) >= 11 is 0. The molecule has 1 aliphatic rings. The van der Waals surface area contributed by atoms with Gasteiger partial charge in [-0.2, -0.15) is 5.10 Å². The van der Waals surface area contributed by atoms with E-state index in [0.29, 0.717) is 18.7 Å². The molecule has 1 fully saturated rings. The Kier molecular flexibility index (Phi) is 4.73. The lowest BCUT2D eigenvalue weighted by molar-refractivity contribution is 0.0338. The zero-order valence-corrected chi connectivity index (χ0v) is 15.6. The molecule has 0 atom stereocenters. The van der Waals surface area contributed by atoms with Crippen molar-refractivity contribution in [3.05, 3.63) is 35.3 Å². The summed E-state index contributed by atoms with van der Waals surface area (Å²) in [6, 6.07) is 4.10. The van der Waals surface area contributed by atoms with E-state index in [1.807, 2.05) is 37.9 Å². The number of rotatable bonds is 4. The first-order valence-electron chi connectivity index (χ1n) is 9.00. The minimum Gasteiger partial charge on any atom is -0.396 e. The van der Waals surface area contributed by atoms with Crippen LogP contribution < -0.4 is 0 Å². The Morgan fingerprint density at radius 2 is 1.84 bits per heavy atom. The van der Waals surface area contributed by atoms with Crippen LogP contribution in [0.25, 0.3) is 5.82 Å². The van der Waals surface area contributed by atoms with Gasteiger partial charge in [-0.1, -0.05) is 6.92 Å². The second kappa shape index (κ2) is 6.67. The Morgan fingerprint density at radius 1 is 1.24 bits per heavy atom. The van der Waals surface area contributed by atoms with E-state index in [9.17, 15) is 9.90 Å². The minimum absolute atomic E-state index is 0.0256. The van der Waals surface area contributed by atoms with E-state index in [0.717, 1.165) is 36.5 Å². The standard InChI is InChI=1S/C19H28N4O2/c1-5-19(13-24)8-10-22(11-9-19)18(25)16-12-20-21(4)17(16)23-14(2)6-7-15(23)3/h6-7,12,24H,5,8-11,13H2,1-4H3. The first-order valence-corrected chi connectivity index (χ1v) is 9.00. The molecule has 6 nitrogen and oxygen atoms in total. The summed E-state index contributed by atoms with van der Waals surface area (Å²) in [5, 5.41) is 14.0. The normalized spacial score (nSPS) is 17.1. The van der Waals surface area contributed by atoms with Gasteiger partial charge in [-0.05, 0) is 50.7 Å². The Bertz CT molecular complexity index is 741. The van der Waals surface area contributed by atoms with Crippen molar-refractivity contribution in [3.63, 3.8) is 0 Å². The van der Waals surface area contributed by atoms with Gasteiger partial charge in [0.15, 0.2) is 0 Å². The van der Waals surface area contributed by atoms with Crippen LogP contribution in [0.4, 0.5) is 0 Å². The van der Waals surface area contributed by atoms with Gasteiger partial charge in [-0.15, -0.1) is 0 Å². The summed E-state index contributed by atoms with van der Waals surface area (Å²) in [5.74, 6) is 0.845. The Balaban J connectivity index is 1.88. The molecule has 0 spiro atoms. The number of nitrogens with zero attached hydrogens (tertiary/aromatic N) is 4. The minimum atomic E-state index is -0.0256. The maximum atomic E-state index is 13.1. The molecule has 1 amide bonds. The number of aryl methyl sites for hydroxylation is 3. The van der Waals surface area contributed by atoms with Crippen LogP contribution >= 0.6 is 0 Å². The predicted molar refractivity (Wildman–Crippen MR) is 97.0 cm³/mol. The zero-order chi connectivity index (χ0) is 18.2. The van der Waals surface area contributed by atoms with Gasteiger partial charge >= 0.3 is 0 Å². The average Bonchev–Trinajstić information content (AvgIpc) is 3.16. The van der Waals surface area contributed by atoms with E-state index in [1.165, 1.54) is 0 Å². The van der Waals surface area contributed by atoms with Gasteiger partial charge in [0.25, 0.3) is 5.91 Å². The van der Waals surface area contributed by atoms with Crippen molar-refractivity contribution in [1.29, 1.82) is 0 Å². The molecular formula is C19H28N4O2. The first-order chi connectivity index (χ1) is 11.9. The summed E-state index contributed by atoms with van der Waals surface area (Å²) in [6.07, 6.45) is 4.32. The summed E-state index contributed by atoms with van der Waals surface area (Å²) < 4.78 is 3.84. The van der Waals surface area contributed by atoms with E-state index in [-0.39, 0.29) is 17.9 Å². The molecule has 1 saturated heterocycles. The molecule has 0 aromatic carbocycles. The average molecular weight is 344 g/mol. The fourth-order valence-corrected chi connectivity index (χ4v) is 3.83. The predicted octanol–water partition coefficient (Wildman–Crippen LogP) is 2.45. The number of likely N-dealkylation sites (tertiary alicyclic amines) is 1. The van der Waals surface area contributed by atoms with Gasteiger partial charge in [-0.25, -0.2) is 0 Å². The lowest BCUT2D eigenvalue weighted by Crippen LogP contribution is -2.44. The van der Waals surface area contributed by atoms with Crippen molar-refractivity contribution in [1.82, 2.24) is 19.2 Å². The molecule has 0 bridgehead atoms. The molecular weight excluding hydrogens is 316 g/mol. The number of aliphatic hydroxyl groups is 1. The van der Waals surface area contributed by atoms with Gasteiger partial charge in [0.2, 0.25) is 0 Å². The number of aliphatic hydroxyl groups excluding tert-OH is 1. The third-order valence-electron chi connectivity index (χ3n) is 5.82. The summed E-state index contributed by atoms with van der Waals surface area (Å²) in [5.41, 5.74) is 2.78. The quantitative estimate of drug-likeness (QED) is 0.927. The van der Waals surface area contributed by atoms with Gasteiger partial charge < -0.3 is 14.6 Å². The van der Waals surface area contributed by atoms with E-state index in [2.05, 4.69) is 16.6 Å². The van der Waals surface area contributed by atoms with E-state index < -0.39 is 0 Å². The van der Waals surface area contributed by atoms with Crippen LogP contribution in [0.3, 0.4) is 0 Å². The van der Waals surface area contributed by atoms with E-state index in [1.54, 1.807) is 10.9 Å². The van der Waals surface area contributed by atoms with Crippen LogP contribution in [0.2, 0.25) is 0 Å². The Morgan fingerprint density at radius 3 is 2.36 bits per heavy atom. The van der Waals surface area contributed by atoms with E-state index >= 15 is 0 Å². The smallest absolute Gasteiger partial charge is 0.259 e. The number of hydrogen-bond donors (Lipinski definition) is 1. The first kappa shape index (κ1) is 17.7. The number of hydrogen-bond acceptors (Lipinski definition) is 3. The molecule has 0 unspecified atom stereocenters. The number of piperidine rings is 1. The highest BCUT2D eigenvalue weighted by molar-refractivity contribution is 5.97. The third-order valence-corrected chi connectivity index (χ3v) is 5.82. The molecule has 0 saturated carbocycles. The monoisotopic (exact) mass is 344 g/mol. The number of carbonyl (C=O) groups excluding carboxylic acids is 1. The van der Waals surface area contributed by atoms with Gasteiger partial charge in [-0.3, -0.25) is 9.48 Å². The molecule has 6 heteroatoms. The molecule has 2 aromatic heterocycles. The summed E-state index contributed by atoms with van der Waals surface area (Å²) in [7, 11) is 1.87. The molecule has 3 rings (SSSR count). The zero-order valence-electron chi connectivity index (χ0n) is 15.6. The molecule has 136 valence electrons. The highest BCUT2D eigenvalue weighted by Gasteiger charge is 2.35. The maximum absolute atomic E-state index is 13.1. The Labute approximate surface area is 149 Å². The van der Waals surface area contributed by atoms with Crippen LogP contribution in [0, 0.1) is 19.3 Å². The van der Waals surface area contributed by atoms with Crippen molar-refractivity contribution in [2.24, 2.45) is 12.5 Å².